The van der Waals surface area contributed by atoms with E-state index in [0.717, 1.165) is 11.5 Å². The van der Waals surface area contributed by atoms with Crippen molar-refractivity contribution in [3.05, 3.63) is 24.3 Å². The average molecular weight is 311 g/mol. The van der Waals surface area contributed by atoms with Crippen molar-refractivity contribution in [1.29, 1.82) is 0 Å². The van der Waals surface area contributed by atoms with Crippen LogP contribution in [0.4, 0.5) is 0 Å². The van der Waals surface area contributed by atoms with Crippen molar-refractivity contribution < 1.29 is 19.0 Å². The second kappa shape index (κ2) is 8.14. The SMILES string of the molecule is CCOC(=O)C1CSC(COc2ccccc2OCC)N1. The first-order valence-electron chi connectivity index (χ1n) is 7.13. The fraction of sp³-hybridized carbons (Fsp3) is 0.533. The molecule has 1 saturated heterocycles. The van der Waals surface area contributed by atoms with E-state index in [0.29, 0.717) is 25.6 Å². The zero-order valence-corrected chi connectivity index (χ0v) is 13.2. The van der Waals surface area contributed by atoms with E-state index in [1.165, 1.54) is 0 Å². The van der Waals surface area contributed by atoms with Crippen molar-refractivity contribution in [2.24, 2.45) is 0 Å². The first-order chi connectivity index (χ1) is 10.2. The van der Waals surface area contributed by atoms with E-state index in [1.54, 1.807) is 11.8 Å². The van der Waals surface area contributed by atoms with Crippen LogP contribution in [0.5, 0.6) is 11.5 Å². The molecule has 0 bridgehead atoms. The predicted molar refractivity (Wildman–Crippen MR) is 82.9 cm³/mol. The van der Waals surface area contributed by atoms with Gasteiger partial charge in [0.15, 0.2) is 11.5 Å². The smallest absolute Gasteiger partial charge is 0.324 e. The number of carbonyl (C=O) groups excluding carboxylic acids is 1. The van der Waals surface area contributed by atoms with Crippen LogP contribution in [0.3, 0.4) is 0 Å². The lowest BCUT2D eigenvalue weighted by atomic mass is 10.3. The van der Waals surface area contributed by atoms with Gasteiger partial charge in [0.1, 0.15) is 12.6 Å². The van der Waals surface area contributed by atoms with Gasteiger partial charge in [0, 0.05) is 5.75 Å². The summed E-state index contributed by atoms with van der Waals surface area (Å²) in [4.78, 5) is 11.6. The molecular formula is C15H21NO4S. The summed E-state index contributed by atoms with van der Waals surface area (Å²) in [5.41, 5.74) is 0. The molecule has 1 aromatic rings. The van der Waals surface area contributed by atoms with Gasteiger partial charge >= 0.3 is 5.97 Å². The Kier molecular flexibility index (Phi) is 6.20. The van der Waals surface area contributed by atoms with Gasteiger partial charge in [-0.15, -0.1) is 11.8 Å². The molecule has 116 valence electrons. The van der Waals surface area contributed by atoms with Crippen molar-refractivity contribution in [3.8, 4) is 11.5 Å². The Labute approximate surface area is 129 Å². The molecule has 5 nitrogen and oxygen atoms in total. The molecule has 0 aromatic heterocycles. The standard InChI is InChI=1S/C15H21NO4S/c1-3-18-12-7-5-6-8-13(12)20-9-14-16-11(10-21-14)15(17)19-4-2/h5-8,11,14,16H,3-4,9-10H2,1-2H3. The third-order valence-electron chi connectivity index (χ3n) is 2.96. The normalized spacial score (nSPS) is 21.0. The molecule has 0 amide bonds. The van der Waals surface area contributed by atoms with Crippen LogP contribution in [0.15, 0.2) is 24.3 Å². The van der Waals surface area contributed by atoms with E-state index in [-0.39, 0.29) is 17.4 Å². The average Bonchev–Trinajstić information content (AvgIpc) is 2.96. The third-order valence-corrected chi connectivity index (χ3v) is 4.16. The van der Waals surface area contributed by atoms with Gasteiger partial charge in [0.2, 0.25) is 0 Å². The Morgan fingerprint density at radius 1 is 1.24 bits per heavy atom. The number of hydrogen-bond donors (Lipinski definition) is 1. The van der Waals surface area contributed by atoms with Crippen LogP contribution in [0.25, 0.3) is 0 Å². The van der Waals surface area contributed by atoms with Crippen molar-refractivity contribution in [3.63, 3.8) is 0 Å². The number of esters is 1. The van der Waals surface area contributed by atoms with Gasteiger partial charge in [-0.3, -0.25) is 10.1 Å². The van der Waals surface area contributed by atoms with E-state index < -0.39 is 0 Å². The van der Waals surface area contributed by atoms with Crippen LogP contribution in [-0.2, 0) is 9.53 Å². The van der Waals surface area contributed by atoms with Gasteiger partial charge in [-0.05, 0) is 26.0 Å². The Hall–Kier alpha value is -1.40. The summed E-state index contributed by atoms with van der Waals surface area (Å²) < 4.78 is 16.3. The quantitative estimate of drug-likeness (QED) is 0.778. The van der Waals surface area contributed by atoms with Crippen LogP contribution in [0.1, 0.15) is 13.8 Å². The number of ether oxygens (including phenoxy) is 3. The lowest BCUT2D eigenvalue weighted by Crippen LogP contribution is -2.39. The van der Waals surface area contributed by atoms with E-state index in [9.17, 15) is 4.79 Å². The van der Waals surface area contributed by atoms with Crippen LogP contribution in [0, 0.1) is 0 Å². The van der Waals surface area contributed by atoms with E-state index in [2.05, 4.69) is 5.32 Å². The summed E-state index contributed by atoms with van der Waals surface area (Å²) in [6.45, 7) is 5.23. The monoisotopic (exact) mass is 311 g/mol. The molecule has 1 N–H and O–H groups in total. The first kappa shape index (κ1) is 16.0. The molecule has 21 heavy (non-hydrogen) atoms. The first-order valence-corrected chi connectivity index (χ1v) is 8.18. The van der Waals surface area contributed by atoms with Crippen LogP contribution in [-0.4, -0.2) is 43.0 Å². The van der Waals surface area contributed by atoms with Crippen molar-refractivity contribution >= 4 is 17.7 Å². The summed E-state index contributed by atoms with van der Waals surface area (Å²) >= 11 is 1.67. The molecule has 2 rings (SSSR count). The third kappa shape index (κ3) is 4.54. The largest absolute Gasteiger partial charge is 0.490 e. The molecule has 2 unspecified atom stereocenters. The summed E-state index contributed by atoms with van der Waals surface area (Å²) in [5.74, 6) is 1.98. The molecule has 2 atom stereocenters. The van der Waals surface area contributed by atoms with Gasteiger partial charge in [0.05, 0.1) is 18.6 Å². The summed E-state index contributed by atoms with van der Waals surface area (Å²) in [6.07, 6.45) is 0. The second-order valence-electron chi connectivity index (χ2n) is 4.48. The molecule has 1 aliphatic rings. The summed E-state index contributed by atoms with van der Waals surface area (Å²) in [6, 6.07) is 7.35. The van der Waals surface area contributed by atoms with Gasteiger partial charge in [0.25, 0.3) is 0 Å². The number of para-hydroxylation sites is 2. The zero-order chi connectivity index (χ0) is 15.1. The summed E-state index contributed by atoms with van der Waals surface area (Å²) in [5, 5.41) is 3.30. The van der Waals surface area contributed by atoms with Crippen molar-refractivity contribution in [2.75, 3.05) is 25.6 Å². The molecule has 0 spiro atoms. The molecule has 1 fully saturated rings. The minimum Gasteiger partial charge on any atom is -0.490 e. The Morgan fingerprint density at radius 3 is 2.62 bits per heavy atom. The maximum absolute atomic E-state index is 11.6. The lowest BCUT2D eigenvalue weighted by Gasteiger charge is -2.15. The van der Waals surface area contributed by atoms with E-state index in [1.807, 2.05) is 38.1 Å². The second-order valence-corrected chi connectivity index (χ2v) is 5.72. The van der Waals surface area contributed by atoms with Crippen LogP contribution >= 0.6 is 11.8 Å². The molecule has 1 aliphatic heterocycles. The molecular weight excluding hydrogens is 290 g/mol. The maximum Gasteiger partial charge on any atom is 0.324 e. The van der Waals surface area contributed by atoms with Gasteiger partial charge in [-0.25, -0.2) is 0 Å². The fourth-order valence-electron chi connectivity index (χ4n) is 2.02. The highest BCUT2D eigenvalue weighted by Crippen LogP contribution is 2.28. The Morgan fingerprint density at radius 2 is 1.95 bits per heavy atom. The number of thioether (sulfide) groups is 1. The number of carbonyl (C=O) groups is 1. The fourth-order valence-corrected chi connectivity index (χ4v) is 3.10. The predicted octanol–water partition coefficient (Wildman–Crippen LogP) is 2.06. The molecule has 1 heterocycles. The Bertz CT molecular complexity index is 469. The maximum atomic E-state index is 11.6. The van der Waals surface area contributed by atoms with Crippen LogP contribution in [0.2, 0.25) is 0 Å². The number of nitrogens with one attached hydrogen (secondary N) is 1. The number of hydrogen-bond acceptors (Lipinski definition) is 6. The lowest BCUT2D eigenvalue weighted by molar-refractivity contribution is -0.144. The van der Waals surface area contributed by atoms with Gasteiger partial charge in [-0.2, -0.15) is 0 Å². The molecule has 0 radical (unpaired) electrons. The van der Waals surface area contributed by atoms with E-state index >= 15 is 0 Å². The highest BCUT2D eigenvalue weighted by Gasteiger charge is 2.31. The molecule has 6 heteroatoms. The van der Waals surface area contributed by atoms with Crippen molar-refractivity contribution in [2.45, 2.75) is 25.3 Å². The van der Waals surface area contributed by atoms with Crippen LogP contribution < -0.4 is 14.8 Å². The molecule has 0 aliphatic carbocycles. The van der Waals surface area contributed by atoms with Gasteiger partial charge in [-0.1, -0.05) is 12.1 Å². The molecule has 0 saturated carbocycles. The highest BCUT2D eigenvalue weighted by atomic mass is 32.2. The van der Waals surface area contributed by atoms with E-state index in [4.69, 9.17) is 14.2 Å². The minimum atomic E-state index is -0.245. The molecule has 1 aromatic carbocycles. The van der Waals surface area contributed by atoms with Gasteiger partial charge < -0.3 is 14.2 Å². The number of benzene rings is 1. The minimum absolute atomic E-state index is 0.0779. The summed E-state index contributed by atoms with van der Waals surface area (Å²) in [7, 11) is 0. The van der Waals surface area contributed by atoms with Crippen molar-refractivity contribution in [1.82, 2.24) is 5.32 Å². The Balaban J connectivity index is 1.83. The number of rotatable bonds is 7. The highest BCUT2D eigenvalue weighted by molar-refractivity contribution is 8.00. The topological polar surface area (TPSA) is 56.8 Å². The zero-order valence-electron chi connectivity index (χ0n) is 12.3.